The minimum absolute atomic E-state index is 0.0138. The molecule has 0 heterocycles. The van der Waals surface area contributed by atoms with E-state index in [4.69, 9.17) is 5.11 Å². The molecular formula is C5H11O2P. The van der Waals surface area contributed by atoms with E-state index in [1.54, 1.807) is 0 Å². The van der Waals surface area contributed by atoms with E-state index in [1.807, 2.05) is 0 Å². The first kappa shape index (κ1) is 7.90. The Balaban J connectivity index is 3.05. The zero-order chi connectivity index (χ0) is 6.57. The van der Waals surface area contributed by atoms with E-state index in [0.717, 1.165) is 6.16 Å². The first-order valence-corrected chi connectivity index (χ1v) is 4.91. The van der Waals surface area contributed by atoms with E-state index in [0.29, 0.717) is 6.42 Å². The number of carboxylic acids is 1. The Labute approximate surface area is 50.7 Å². The van der Waals surface area contributed by atoms with Crippen LogP contribution in [0.2, 0.25) is 0 Å². The lowest BCUT2D eigenvalue weighted by atomic mass is 10.5. The third-order valence-electron chi connectivity index (χ3n) is 0.773. The Morgan fingerprint density at radius 1 is 1.62 bits per heavy atom. The quantitative estimate of drug-likeness (QED) is 0.589. The maximum Gasteiger partial charge on any atom is 0.303 e. The van der Waals surface area contributed by atoms with Crippen molar-refractivity contribution in [1.29, 1.82) is 0 Å². The molecular weight excluding hydrogens is 123 g/mol. The van der Waals surface area contributed by atoms with Crippen molar-refractivity contribution in [3.05, 3.63) is 0 Å². The summed E-state index contributed by atoms with van der Waals surface area (Å²) in [5.41, 5.74) is 0. The molecule has 0 rings (SSSR count). The molecule has 0 spiro atoms. The van der Waals surface area contributed by atoms with Crippen LogP contribution in [-0.2, 0) is 4.79 Å². The van der Waals surface area contributed by atoms with Gasteiger partial charge in [-0.3, -0.25) is 4.79 Å². The molecule has 1 N–H and O–H groups in total. The van der Waals surface area contributed by atoms with E-state index in [1.165, 1.54) is 0 Å². The normalized spacial score (nSPS) is 9.88. The van der Waals surface area contributed by atoms with Gasteiger partial charge < -0.3 is 5.11 Å². The van der Waals surface area contributed by atoms with Gasteiger partial charge in [-0.1, -0.05) is 0 Å². The second kappa shape index (κ2) is 3.85. The molecule has 0 aliphatic rings. The zero-order valence-electron chi connectivity index (χ0n) is 5.22. The predicted molar refractivity (Wildman–Crippen MR) is 35.9 cm³/mol. The minimum Gasteiger partial charge on any atom is -0.481 e. The summed E-state index contributed by atoms with van der Waals surface area (Å²) in [6.07, 6.45) is 1.18. The maximum atomic E-state index is 9.91. The molecule has 0 aromatic heterocycles. The molecule has 0 unspecified atom stereocenters. The topological polar surface area (TPSA) is 37.3 Å². The Hall–Kier alpha value is -0.100. The molecule has 8 heavy (non-hydrogen) atoms. The summed E-state index contributed by atoms with van der Waals surface area (Å²) >= 11 is 0. The molecule has 0 saturated carbocycles. The van der Waals surface area contributed by atoms with E-state index in [9.17, 15) is 4.79 Å². The van der Waals surface area contributed by atoms with Gasteiger partial charge in [0.2, 0.25) is 0 Å². The van der Waals surface area contributed by atoms with Crippen molar-refractivity contribution in [2.24, 2.45) is 0 Å². The van der Waals surface area contributed by atoms with Gasteiger partial charge in [0, 0.05) is 6.42 Å². The average Bonchev–Trinajstić information content (AvgIpc) is 1.61. The van der Waals surface area contributed by atoms with Gasteiger partial charge >= 0.3 is 5.97 Å². The van der Waals surface area contributed by atoms with Crippen LogP contribution in [-0.4, -0.2) is 30.6 Å². The van der Waals surface area contributed by atoms with Crippen LogP contribution in [0.4, 0.5) is 0 Å². The van der Waals surface area contributed by atoms with Crippen LogP contribution in [0.25, 0.3) is 0 Å². The third kappa shape index (κ3) is 5.90. The lowest BCUT2D eigenvalue weighted by Gasteiger charge is -1.98. The van der Waals surface area contributed by atoms with Gasteiger partial charge in [0.25, 0.3) is 0 Å². The van der Waals surface area contributed by atoms with Crippen LogP contribution in [0.15, 0.2) is 0 Å². The van der Waals surface area contributed by atoms with Gasteiger partial charge in [0.1, 0.15) is 0 Å². The zero-order valence-corrected chi connectivity index (χ0v) is 6.11. The highest BCUT2D eigenvalue weighted by Crippen LogP contribution is 2.24. The van der Waals surface area contributed by atoms with Crippen LogP contribution < -0.4 is 0 Å². The lowest BCUT2D eigenvalue weighted by molar-refractivity contribution is -0.136. The fraction of sp³-hybridized carbons (Fsp3) is 0.800. The summed E-state index contributed by atoms with van der Waals surface area (Å²) < 4.78 is 0. The SMILES string of the molecule is CP(C)CCC(=O)O. The van der Waals surface area contributed by atoms with Gasteiger partial charge in [-0.25, -0.2) is 0 Å². The maximum absolute atomic E-state index is 9.91. The minimum atomic E-state index is -0.679. The van der Waals surface area contributed by atoms with Crippen molar-refractivity contribution in [2.75, 3.05) is 19.5 Å². The van der Waals surface area contributed by atoms with E-state index >= 15 is 0 Å². The number of hydrogen-bond donors (Lipinski definition) is 1. The van der Waals surface area contributed by atoms with E-state index < -0.39 is 5.97 Å². The Morgan fingerprint density at radius 2 is 2.12 bits per heavy atom. The first-order valence-electron chi connectivity index (χ1n) is 2.49. The van der Waals surface area contributed by atoms with Crippen molar-refractivity contribution >= 4 is 13.9 Å². The Kier molecular flexibility index (Phi) is 3.80. The number of carbonyl (C=O) groups is 1. The number of rotatable bonds is 3. The molecule has 48 valence electrons. The second-order valence-electron chi connectivity index (χ2n) is 1.95. The van der Waals surface area contributed by atoms with Gasteiger partial charge in [0.15, 0.2) is 0 Å². The Morgan fingerprint density at radius 3 is 2.25 bits per heavy atom. The van der Waals surface area contributed by atoms with Crippen molar-refractivity contribution in [3.8, 4) is 0 Å². The van der Waals surface area contributed by atoms with Crippen molar-refractivity contribution in [2.45, 2.75) is 6.42 Å². The molecule has 0 aromatic rings. The number of carboxylic acid groups (broad SMARTS) is 1. The molecule has 0 aromatic carbocycles. The summed E-state index contributed by atoms with van der Waals surface area (Å²) in [5, 5.41) is 8.17. The lowest BCUT2D eigenvalue weighted by Crippen LogP contribution is -1.96. The van der Waals surface area contributed by atoms with Gasteiger partial charge in [-0.05, 0) is 19.5 Å². The standard InChI is InChI=1S/C5H11O2P/c1-8(2)4-3-5(6)7/h3-4H2,1-2H3,(H,6,7). The van der Waals surface area contributed by atoms with Crippen LogP contribution in [0, 0.1) is 0 Å². The van der Waals surface area contributed by atoms with Crippen LogP contribution in [0.1, 0.15) is 6.42 Å². The highest BCUT2D eigenvalue weighted by Gasteiger charge is 1.97. The van der Waals surface area contributed by atoms with Crippen LogP contribution in [0.5, 0.6) is 0 Å². The molecule has 3 heteroatoms. The average molecular weight is 134 g/mol. The summed E-state index contributed by atoms with van der Waals surface area (Å²) in [6.45, 7) is 4.16. The van der Waals surface area contributed by atoms with E-state index in [-0.39, 0.29) is 7.92 Å². The summed E-state index contributed by atoms with van der Waals surface area (Å²) in [7, 11) is -0.0138. The van der Waals surface area contributed by atoms with Crippen LogP contribution in [0.3, 0.4) is 0 Å². The van der Waals surface area contributed by atoms with Crippen LogP contribution >= 0.6 is 7.92 Å². The third-order valence-corrected chi connectivity index (χ3v) is 1.89. The van der Waals surface area contributed by atoms with Gasteiger partial charge in [-0.2, -0.15) is 0 Å². The first-order chi connectivity index (χ1) is 3.63. The molecule has 0 fully saturated rings. The fourth-order valence-electron chi connectivity index (χ4n) is 0.319. The smallest absolute Gasteiger partial charge is 0.303 e. The fourth-order valence-corrected chi connectivity index (χ4v) is 0.958. The summed E-state index contributed by atoms with van der Waals surface area (Å²) in [5.74, 6) is -0.679. The predicted octanol–water partition coefficient (Wildman–Crippen LogP) is 1.20. The molecule has 0 bridgehead atoms. The summed E-state index contributed by atoms with van der Waals surface area (Å²) in [6, 6.07) is 0. The second-order valence-corrected chi connectivity index (χ2v) is 4.55. The van der Waals surface area contributed by atoms with E-state index in [2.05, 4.69) is 13.3 Å². The number of aliphatic carboxylic acids is 1. The molecule has 0 aliphatic carbocycles. The van der Waals surface area contributed by atoms with Crippen molar-refractivity contribution in [3.63, 3.8) is 0 Å². The highest BCUT2D eigenvalue weighted by molar-refractivity contribution is 7.56. The molecule has 2 nitrogen and oxygen atoms in total. The monoisotopic (exact) mass is 134 g/mol. The molecule has 0 saturated heterocycles. The Bertz CT molecular complexity index is 80.5. The van der Waals surface area contributed by atoms with Crippen molar-refractivity contribution in [1.82, 2.24) is 0 Å². The summed E-state index contributed by atoms with van der Waals surface area (Å²) in [4.78, 5) is 9.91. The molecule has 0 aliphatic heterocycles. The van der Waals surface area contributed by atoms with Gasteiger partial charge in [0.05, 0.1) is 0 Å². The molecule has 0 amide bonds. The molecule has 0 atom stereocenters. The largest absolute Gasteiger partial charge is 0.481 e. The van der Waals surface area contributed by atoms with Gasteiger partial charge in [-0.15, -0.1) is 7.92 Å². The van der Waals surface area contributed by atoms with Crippen molar-refractivity contribution < 1.29 is 9.90 Å². The highest BCUT2D eigenvalue weighted by atomic mass is 31.1. The number of hydrogen-bond acceptors (Lipinski definition) is 1. The molecule has 0 radical (unpaired) electrons.